The van der Waals surface area contributed by atoms with Gasteiger partial charge in [0.15, 0.2) is 0 Å². The Morgan fingerprint density at radius 1 is 1.08 bits per heavy atom. The summed E-state index contributed by atoms with van der Waals surface area (Å²) in [6.07, 6.45) is 0. The van der Waals surface area contributed by atoms with E-state index in [1.165, 1.54) is 12.1 Å². The fraction of sp³-hybridized carbons (Fsp3) is 0.250. The first-order valence-corrected chi connectivity index (χ1v) is 4.23. The fourth-order valence-electron chi connectivity index (χ4n) is 0.766. The van der Waals surface area contributed by atoms with Crippen molar-refractivity contribution in [3.05, 3.63) is 29.8 Å². The summed E-state index contributed by atoms with van der Waals surface area (Å²) in [5.74, 6) is -4.13. The largest absolute Gasteiger partial charge is 0.413 e. The van der Waals surface area contributed by atoms with Gasteiger partial charge in [-0.15, -0.1) is 0 Å². The number of rotatable bonds is 1. The van der Waals surface area contributed by atoms with E-state index in [0.29, 0.717) is 0 Å². The summed E-state index contributed by atoms with van der Waals surface area (Å²) in [6, 6.07) is 6.33. The van der Waals surface area contributed by atoms with E-state index in [9.17, 15) is 13.2 Å². The van der Waals surface area contributed by atoms with E-state index >= 15 is 0 Å². The van der Waals surface area contributed by atoms with E-state index in [1.807, 2.05) is 6.92 Å². The molecule has 0 heterocycles. The third-order valence-electron chi connectivity index (χ3n) is 1.29. The molecule has 1 radical (unpaired) electrons. The zero-order chi connectivity index (χ0) is 9.19. The zero-order valence-electron chi connectivity index (χ0n) is 6.39. The molecule has 1 rings (SSSR count). The van der Waals surface area contributed by atoms with Crippen LogP contribution in [0.15, 0.2) is 24.3 Å². The molecule has 0 aromatic heterocycles. The molecule has 0 spiro atoms. The van der Waals surface area contributed by atoms with Crippen molar-refractivity contribution in [1.82, 2.24) is 0 Å². The zero-order valence-corrected chi connectivity index (χ0v) is 7.28. The summed E-state index contributed by atoms with van der Waals surface area (Å²) in [4.78, 5) is 0. The van der Waals surface area contributed by atoms with E-state index in [-0.39, 0.29) is 5.30 Å². The Morgan fingerprint density at radius 3 is 2.00 bits per heavy atom. The van der Waals surface area contributed by atoms with Crippen LogP contribution in [0.25, 0.3) is 0 Å². The van der Waals surface area contributed by atoms with Gasteiger partial charge in [0, 0.05) is 0 Å². The lowest BCUT2D eigenvalue weighted by Crippen LogP contribution is -2.05. The molecule has 1 aromatic carbocycles. The van der Waals surface area contributed by atoms with Gasteiger partial charge >= 0.3 is 5.92 Å². The quantitative estimate of drug-likeness (QED) is 0.598. The molecule has 0 fully saturated rings. The Hall–Kier alpha value is -0.560. The van der Waals surface area contributed by atoms with E-state index in [4.69, 9.17) is 0 Å². The second kappa shape index (κ2) is 3.44. The van der Waals surface area contributed by atoms with Crippen LogP contribution in [0.2, 0.25) is 0 Å². The molecule has 0 aliphatic heterocycles. The summed E-state index contributed by atoms with van der Waals surface area (Å²) in [7, 11) is -0.590. The Bertz CT molecular complexity index is 250. The van der Waals surface area contributed by atoms with Crippen LogP contribution in [0.5, 0.6) is 0 Å². The number of aryl methyl sites for hydroxylation is 1. The van der Waals surface area contributed by atoms with Gasteiger partial charge in [-0.25, -0.2) is 0 Å². The smallest absolute Gasteiger partial charge is 0.166 e. The molecule has 0 N–H and O–H groups in total. The van der Waals surface area contributed by atoms with Crippen molar-refractivity contribution < 1.29 is 13.2 Å². The summed E-state index contributed by atoms with van der Waals surface area (Å²) >= 11 is 0. The van der Waals surface area contributed by atoms with Crippen molar-refractivity contribution in [2.45, 2.75) is 12.8 Å². The molecule has 4 heteroatoms. The number of benzene rings is 1. The molecule has 65 valence electrons. The lowest BCUT2D eigenvalue weighted by atomic mass is 10.2. The average molecular weight is 191 g/mol. The molecular formula is C8H7F3P. The minimum Gasteiger partial charge on any atom is -0.166 e. The van der Waals surface area contributed by atoms with Crippen molar-refractivity contribution in [2.24, 2.45) is 0 Å². The fourth-order valence-corrected chi connectivity index (χ4v) is 1.36. The molecule has 0 atom stereocenters. The number of alkyl halides is 3. The van der Waals surface area contributed by atoms with E-state index < -0.39 is 14.5 Å². The van der Waals surface area contributed by atoms with Crippen LogP contribution in [-0.2, 0) is 0 Å². The molecule has 0 bridgehead atoms. The van der Waals surface area contributed by atoms with Crippen LogP contribution in [0.3, 0.4) is 0 Å². The Morgan fingerprint density at radius 2 is 1.58 bits per heavy atom. The van der Waals surface area contributed by atoms with Gasteiger partial charge in [-0.3, -0.25) is 0 Å². The van der Waals surface area contributed by atoms with Gasteiger partial charge in [0.25, 0.3) is 0 Å². The van der Waals surface area contributed by atoms with Crippen LogP contribution in [-0.4, -0.2) is 5.92 Å². The summed E-state index contributed by atoms with van der Waals surface area (Å²) in [5.41, 5.74) is 0.969. The third kappa shape index (κ3) is 3.22. The van der Waals surface area contributed by atoms with Crippen LogP contribution in [0, 0.1) is 6.92 Å². The van der Waals surface area contributed by atoms with Crippen LogP contribution >= 0.6 is 8.58 Å². The van der Waals surface area contributed by atoms with Crippen molar-refractivity contribution in [3.63, 3.8) is 0 Å². The van der Waals surface area contributed by atoms with E-state index in [2.05, 4.69) is 0 Å². The molecule has 0 saturated heterocycles. The maximum atomic E-state index is 11.8. The van der Waals surface area contributed by atoms with Crippen LogP contribution < -0.4 is 5.30 Å². The maximum Gasteiger partial charge on any atom is 0.413 e. The molecule has 1 aromatic rings. The normalized spacial score (nSPS) is 12.7. The van der Waals surface area contributed by atoms with Gasteiger partial charge < -0.3 is 0 Å². The SMILES string of the molecule is Cc1ccc([P]C(F)(F)F)cc1. The number of halogens is 3. The molecule has 0 saturated carbocycles. The van der Waals surface area contributed by atoms with Gasteiger partial charge in [-0.2, -0.15) is 13.2 Å². The highest BCUT2D eigenvalue weighted by Crippen LogP contribution is 2.35. The second-order valence-corrected chi connectivity index (χ2v) is 3.66. The predicted molar refractivity (Wildman–Crippen MR) is 43.8 cm³/mol. The predicted octanol–water partition coefficient (Wildman–Crippen LogP) is 3.09. The first-order chi connectivity index (χ1) is 5.47. The van der Waals surface area contributed by atoms with Crippen molar-refractivity contribution in [1.29, 1.82) is 0 Å². The summed E-state index contributed by atoms with van der Waals surface area (Å²) in [6.45, 7) is 1.84. The average Bonchev–Trinajstić information content (AvgIpc) is 1.91. The van der Waals surface area contributed by atoms with Gasteiger partial charge in [-0.05, 0) is 12.2 Å². The van der Waals surface area contributed by atoms with Gasteiger partial charge in [0.2, 0.25) is 0 Å². The van der Waals surface area contributed by atoms with Crippen molar-refractivity contribution in [3.8, 4) is 0 Å². The molecule has 0 unspecified atom stereocenters. The first-order valence-electron chi connectivity index (χ1n) is 3.34. The minimum atomic E-state index is -4.13. The van der Waals surface area contributed by atoms with Gasteiger partial charge in [0.05, 0.1) is 8.58 Å². The molecule has 0 aliphatic carbocycles. The lowest BCUT2D eigenvalue weighted by molar-refractivity contribution is -0.0359. The van der Waals surface area contributed by atoms with Crippen LogP contribution in [0.4, 0.5) is 13.2 Å². The van der Waals surface area contributed by atoms with Gasteiger partial charge in [0.1, 0.15) is 0 Å². The monoisotopic (exact) mass is 191 g/mol. The molecule has 0 nitrogen and oxygen atoms in total. The molecule has 0 amide bonds. The third-order valence-corrected chi connectivity index (χ3v) is 2.10. The van der Waals surface area contributed by atoms with Crippen molar-refractivity contribution >= 4 is 13.9 Å². The lowest BCUT2D eigenvalue weighted by Gasteiger charge is -2.04. The van der Waals surface area contributed by atoms with Gasteiger partial charge in [-0.1, -0.05) is 29.8 Å². The number of hydrogen-bond acceptors (Lipinski definition) is 0. The van der Waals surface area contributed by atoms with Crippen LogP contribution in [0.1, 0.15) is 5.56 Å². The second-order valence-electron chi connectivity index (χ2n) is 2.42. The standard InChI is InChI=1S/C8H7F3P/c1-6-2-4-7(5-3-6)12-8(9,10)11/h2-5H,1H3. The first kappa shape index (κ1) is 9.53. The Labute approximate surface area is 70.6 Å². The van der Waals surface area contributed by atoms with E-state index in [0.717, 1.165) is 5.56 Å². The highest BCUT2D eigenvalue weighted by Gasteiger charge is 2.28. The highest BCUT2D eigenvalue weighted by atomic mass is 31.1. The van der Waals surface area contributed by atoms with Crippen molar-refractivity contribution in [2.75, 3.05) is 0 Å². The highest BCUT2D eigenvalue weighted by molar-refractivity contribution is 7.48. The molecule has 12 heavy (non-hydrogen) atoms. The maximum absolute atomic E-state index is 11.8. The summed E-state index contributed by atoms with van der Waals surface area (Å²) < 4.78 is 35.5. The van der Waals surface area contributed by atoms with E-state index in [1.54, 1.807) is 12.1 Å². The Balaban J connectivity index is 2.71. The summed E-state index contributed by atoms with van der Waals surface area (Å²) in [5, 5.41) is 0.285. The molecule has 0 aliphatic rings. The minimum absolute atomic E-state index is 0.285. The number of hydrogen-bond donors (Lipinski definition) is 0. The topological polar surface area (TPSA) is 0 Å². The Kier molecular flexibility index (Phi) is 2.73. The molecular weight excluding hydrogens is 184 g/mol.